The molecule has 0 aliphatic heterocycles. The van der Waals surface area contributed by atoms with Crippen molar-refractivity contribution >= 4 is 58.4 Å². The Balaban J connectivity index is 2.36. The highest BCUT2D eigenvalue weighted by Crippen LogP contribution is 2.28. The smallest absolute Gasteiger partial charge is 0.255 e. The van der Waals surface area contributed by atoms with Gasteiger partial charge in [-0.2, -0.15) is 0 Å². The Bertz CT molecular complexity index is 683. The molecular formula is C10H8Br2N2O2S2. The van der Waals surface area contributed by atoms with Crippen LogP contribution in [-0.2, 0) is 10.0 Å². The number of hydrogen-bond acceptors (Lipinski definition) is 4. The van der Waals surface area contributed by atoms with Crippen LogP contribution in [0.3, 0.4) is 0 Å². The lowest BCUT2D eigenvalue weighted by atomic mass is 10.2. The zero-order valence-corrected chi connectivity index (χ0v) is 14.0. The molecule has 8 heteroatoms. The number of aromatic nitrogens is 1. The van der Waals surface area contributed by atoms with E-state index in [1.54, 1.807) is 24.4 Å². The minimum absolute atomic E-state index is 0.194. The maximum atomic E-state index is 12.2. The first-order valence-electron chi connectivity index (χ1n) is 4.79. The maximum Gasteiger partial charge on any atom is 0.264 e. The molecular weight excluding hydrogens is 404 g/mol. The number of sulfonamides is 1. The number of rotatable bonds is 3. The molecule has 0 aliphatic rings. The van der Waals surface area contributed by atoms with Crippen LogP contribution in [0.4, 0.5) is 5.13 Å². The zero-order chi connectivity index (χ0) is 13.3. The molecule has 18 heavy (non-hydrogen) atoms. The Morgan fingerprint density at radius 1 is 1.33 bits per heavy atom. The summed E-state index contributed by atoms with van der Waals surface area (Å²) < 4.78 is 28.0. The number of benzene rings is 1. The number of anilines is 1. The van der Waals surface area contributed by atoms with E-state index < -0.39 is 10.0 Å². The Morgan fingerprint density at radius 3 is 2.61 bits per heavy atom. The van der Waals surface area contributed by atoms with Gasteiger partial charge in [0.2, 0.25) is 0 Å². The SMILES string of the molecule is Cc1ccc(S(=O)(=O)Nc2ncc(Br)s2)c(Br)c1. The van der Waals surface area contributed by atoms with Crippen LogP contribution in [-0.4, -0.2) is 13.4 Å². The molecule has 0 unspecified atom stereocenters. The lowest BCUT2D eigenvalue weighted by Gasteiger charge is -2.07. The molecule has 2 rings (SSSR count). The van der Waals surface area contributed by atoms with Gasteiger partial charge in [-0.15, -0.1) is 0 Å². The second kappa shape index (κ2) is 5.28. The van der Waals surface area contributed by atoms with Crippen LogP contribution in [0.25, 0.3) is 0 Å². The number of hydrogen-bond donors (Lipinski definition) is 1. The maximum absolute atomic E-state index is 12.2. The first-order valence-corrected chi connectivity index (χ1v) is 8.67. The number of aryl methyl sites for hydroxylation is 1. The summed E-state index contributed by atoms with van der Waals surface area (Å²) in [5, 5.41) is 0.328. The van der Waals surface area contributed by atoms with Gasteiger partial charge in [0.1, 0.15) is 4.90 Å². The molecule has 4 nitrogen and oxygen atoms in total. The van der Waals surface area contributed by atoms with Crippen molar-refractivity contribution in [3.8, 4) is 0 Å². The third-order valence-electron chi connectivity index (χ3n) is 2.08. The van der Waals surface area contributed by atoms with Crippen molar-refractivity contribution in [1.29, 1.82) is 0 Å². The third kappa shape index (κ3) is 3.11. The normalized spacial score (nSPS) is 11.5. The van der Waals surface area contributed by atoms with E-state index >= 15 is 0 Å². The summed E-state index contributed by atoms with van der Waals surface area (Å²) in [4.78, 5) is 4.13. The van der Waals surface area contributed by atoms with Gasteiger partial charge in [-0.1, -0.05) is 17.4 Å². The average molecular weight is 412 g/mol. The Labute approximate surface area is 126 Å². The van der Waals surface area contributed by atoms with Crippen molar-refractivity contribution < 1.29 is 8.42 Å². The minimum atomic E-state index is -3.62. The first-order chi connectivity index (χ1) is 8.38. The van der Waals surface area contributed by atoms with Crippen molar-refractivity contribution in [3.05, 3.63) is 38.2 Å². The van der Waals surface area contributed by atoms with E-state index in [2.05, 4.69) is 41.6 Å². The summed E-state index contributed by atoms with van der Waals surface area (Å²) in [6.07, 6.45) is 1.55. The fourth-order valence-corrected chi connectivity index (χ4v) is 4.84. The summed E-state index contributed by atoms with van der Waals surface area (Å²) in [7, 11) is -3.62. The Morgan fingerprint density at radius 2 is 2.06 bits per heavy atom. The standard InChI is InChI=1S/C10H8Br2N2O2S2/c1-6-2-3-8(7(11)4-6)18(15,16)14-10-13-5-9(12)17-10/h2-5H,1H3,(H,13,14). The fraction of sp³-hybridized carbons (Fsp3) is 0.100. The molecule has 0 saturated heterocycles. The lowest BCUT2D eigenvalue weighted by molar-refractivity contribution is 0.600. The number of thiazole rings is 1. The van der Waals surface area contributed by atoms with E-state index in [0.29, 0.717) is 9.60 Å². The second-order valence-electron chi connectivity index (χ2n) is 3.51. The van der Waals surface area contributed by atoms with Gasteiger partial charge in [-0.25, -0.2) is 13.4 Å². The molecule has 0 bridgehead atoms. The monoisotopic (exact) mass is 410 g/mol. The first kappa shape index (κ1) is 14.0. The van der Waals surface area contributed by atoms with Crippen molar-refractivity contribution in [2.75, 3.05) is 4.72 Å². The van der Waals surface area contributed by atoms with E-state index in [1.807, 2.05) is 6.92 Å². The van der Waals surface area contributed by atoms with Gasteiger partial charge in [0.15, 0.2) is 5.13 Å². The molecule has 96 valence electrons. The molecule has 0 spiro atoms. The van der Waals surface area contributed by atoms with Gasteiger partial charge >= 0.3 is 0 Å². The zero-order valence-electron chi connectivity index (χ0n) is 9.15. The van der Waals surface area contributed by atoms with Crippen molar-refractivity contribution in [3.63, 3.8) is 0 Å². The molecule has 1 N–H and O–H groups in total. The second-order valence-corrected chi connectivity index (χ2v) is 8.42. The highest BCUT2D eigenvalue weighted by Gasteiger charge is 2.19. The topological polar surface area (TPSA) is 59.1 Å². The molecule has 0 fully saturated rings. The molecule has 0 aliphatic carbocycles. The van der Waals surface area contributed by atoms with Gasteiger partial charge in [-0.05, 0) is 56.5 Å². The molecule has 2 aromatic rings. The fourth-order valence-electron chi connectivity index (χ4n) is 1.30. The van der Waals surface area contributed by atoms with Crippen LogP contribution in [0.5, 0.6) is 0 Å². The van der Waals surface area contributed by atoms with Crippen molar-refractivity contribution in [2.45, 2.75) is 11.8 Å². The molecule has 0 radical (unpaired) electrons. The number of nitrogens with one attached hydrogen (secondary N) is 1. The van der Waals surface area contributed by atoms with Crippen LogP contribution >= 0.6 is 43.2 Å². The lowest BCUT2D eigenvalue weighted by Crippen LogP contribution is -2.13. The van der Waals surface area contributed by atoms with Gasteiger partial charge in [-0.3, -0.25) is 4.72 Å². The quantitative estimate of drug-likeness (QED) is 0.835. The minimum Gasteiger partial charge on any atom is -0.255 e. The summed E-state index contributed by atoms with van der Waals surface area (Å²) in [6, 6.07) is 5.06. The van der Waals surface area contributed by atoms with Crippen molar-refractivity contribution in [2.24, 2.45) is 0 Å². The van der Waals surface area contributed by atoms with E-state index in [1.165, 1.54) is 11.3 Å². The predicted octanol–water partition coefficient (Wildman–Crippen LogP) is 3.78. The molecule has 0 atom stereocenters. The van der Waals surface area contributed by atoms with Crippen LogP contribution in [0.1, 0.15) is 5.56 Å². The van der Waals surface area contributed by atoms with Crippen LogP contribution in [0.2, 0.25) is 0 Å². The molecule has 1 aromatic carbocycles. The number of nitrogens with zero attached hydrogens (tertiary/aromatic N) is 1. The van der Waals surface area contributed by atoms with E-state index in [0.717, 1.165) is 9.35 Å². The third-order valence-corrected chi connectivity index (χ3v) is 5.91. The van der Waals surface area contributed by atoms with Crippen LogP contribution < -0.4 is 4.72 Å². The van der Waals surface area contributed by atoms with Gasteiger partial charge in [0.25, 0.3) is 10.0 Å². The highest BCUT2D eigenvalue weighted by atomic mass is 79.9. The van der Waals surface area contributed by atoms with Crippen molar-refractivity contribution in [1.82, 2.24) is 4.98 Å². The number of halogens is 2. The van der Waals surface area contributed by atoms with Crippen LogP contribution in [0, 0.1) is 6.92 Å². The summed E-state index contributed by atoms with van der Waals surface area (Å²) in [6.45, 7) is 1.90. The summed E-state index contributed by atoms with van der Waals surface area (Å²) in [5.74, 6) is 0. The molecule has 0 amide bonds. The highest BCUT2D eigenvalue weighted by molar-refractivity contribution is 9.11. The molecule has 1 heterocycles. The molecule has 0 saturated carbocycles. The Kier molecular flexibility index (Phi) is 4.10. The van der Waals surface area contributed by atoms with Crippen LogP contribution in [0.15, 0.2) is 37.6 Å². The Hall–Kier alpha value is -0.440. The van der Waals surface area contributed by atoms with Gasteiger partial charge in [0.05, 0.1) is 9.98 Å². The summed E-state index contributed by atoms with van der Waals surface area (Å²) >= 11 is 7.71. The summed E-state index contributed by atoms with van der Waals surface area (Å²) in [5.41, 5.74) is 0.984. The largest absolute Gasteiger partial charge is 0.264 e. The van der Waals surface area contributed by atoms with Gasteiger partial charge < -0.3 is 0 Å². The van der Waals surface area contributed by atoms with Gasteiger partial charge in [0, 0.05) is 4.47 Å². The van der Waals surface area contributed by atoms with E-state index in [9.17, 15) is 8.42 Å². The van der Waals surface area contributed by atoms with E-state index in [4.69, 9.17) is 0 Å². The predicted molar refractivity (Wildman–Crippen MR) is 79.5 cm³/mol. The molecule has 1 aromatic heterocycles. The van der Waals surface area contributed by atoms with E-state index in [-0.39, 0.29) is 4.90 Å². The average Bonchev–Trinajstić information content (AvgIpc) is 2.62.